The largest absolute Gasteiger partial charge is 0.354 e. The maximum atomic E-state index is 12.8. The van der Waals surface area contributed by atoms with Crippen LogP contribution in [0, 0.1) is 0 Å². The third-order valence-electron chi connectivity index (χ3n) is 4.72. The molecule has 1 amide bonds. The Hall–Kier alpha value is -3.32. The highest BCUT2D eigenvalue weighted by atomic mass is 32.2. The summed E-state index contributed by atoms with van der Waals surface area (Å²) in [6, 6.07) is 23.8. The van der Waals surface area contributed by atoms with Crippen LogP contribution in [0.15, 0.2) is 78.9 Å². The van der Waals surface area contributed by atoms with Gasteiger partial charge in [0.1, 0.15) is 0 Å². The van der Waals surface area contributed by atoms with Gasteiger partial charge in [-0.15, -0.1) is 0 Å². The van der Waals surface area contributed by atoms with Gasteiger partial charge in [-0.05, 0) is 48.9 Å². The van der Waals surface area contributed by atoms with E-state index in [-0.39, 0.29) is 11.7 Å². The number of nitrogens with one attached hydrogen (secondary N) is 2. The molecule has 0 aliphatic carbocycles. The number of benzene rings is 3. The lowest BCUT2D eigenvalue weighted by Gasteiger charge is -2.18. The van der Waals surface area contributed by atoms with Crippen LogP contribution in [-0.4, -0.2) is 26.6 Å². The number of para-hydroxylation sites is 3. The lowest BCUT2D eigenvalue weighted by molar-refractivity contribution is 0.102. The number of nitrogens with zero attached hydrogens (tertiary/aromatic N) is 1. The van der Waals surface area contributed by atoms with Crippen LogP contribution in [0.2, 0.25) is 0 Å². The molecule has 0 saturated carbocycles. The Bertz CT molecular complexity index is 1130. The number of hydrogen-bond acceptors (Lipinski definition) is 4. The van der Waals surface area contributed by atoms with Crippen molar-refractivity contribution in [1.82, 2.24) is 0 Å². The zero-order valence-electron chi connectivity index (χ0n) is 15.7. The van der Waals surface area contributed by atoms with Crippen molar-refractivity contribution >= 4 is 38.7 Å². The Morgan fingerprint density at radius 3 is 2.31 bits per heavy atom. The van der Waals surface area contributed by atoms with Crippen molar-refractivity contribution in [1.29, 1.82) is 0 Å². The summed E-state index contributed by atoms with van der Waals surface area (Å²) in [4.78, 5) is 12.8. The van der Waals surface area contributed by atoms with Crippen LogP contribution in [0.25, 0.3) is 0 Å². The second-order valence-corrected chi connectivity index (χ2v) is 8.80. The van der Waals surface area contributed by atoms with E-state index in [0.717, 1.165) is 11.4 Å². The highest BCUT2D eigenvalue weighted by molar-refractivity contribution is 7.93. The molecule has 2 N–H and O–H groups in total. The molecule has 148 valence electrons. The lowest BCUT2D eigenvalue weighted by Crippen LogP contribution is -2.25. The highest BCUT2D eigenvalue weighted by Crippen LogP contribution is 2.27. The number of amides is 1. The van der Waals surface area contributed by atoms with Crippen molar-refractivity contribution in [3.63, 3.8) is 0 Å². The summed E-state index contributed by atoms with van der Waals surface area (Å²) in [5.74, 6) is -0.159. The van der Waals surface area contributed by atoms with E-state index in [4.69, 9.17) is 0 Å². The van der Waals surface area contributed by atoms with Crippen LogP contribution in [0.3, 0.4) is 0 Å². The Kier molecular flexibility index (Phi) is 5.22. The molecule has 3 aromatic carbocycles. The third-order valence-corrected chi connectivity index (χ3v) is 6.59. The van der Waals surface area contributed by atoms with E-state index >= 15 is 0 Å². The Morgan fingerprint density at radius 1 is 0.862 bits per heavy atom. The number of carbonyl (C=O) groups is 1. The van der Waals surface area contributed by atoms with Crippen LogP contribution in [0.4, 0.5) is 22.7 Å². The van der Waals surface area contributed by atoms with Gasteiger partial charge in [0.05, 0.1) is 22.8 Å². The van der Waals surface area contributed by atoms with Gasteiger partial charge in [-0.3, -0.25) is 9.10 Å². The van der Waals surface area contributed by atoms with E-state index in [2.05, 4.69) is 10.6 Å². The Balaban J connectivity index is 1.56. The number of rotatable bonds is 5. The zero-order chi connectivity index (χ0) is 20.3. The van der Waals surface area contributed by atoms with Gasteiger partial charge in [0.25, 0.3) is 5.91 Å². The Labute approximate surface area is 170 Å². The third kappa shape index (κ3) is 4.25. The molecule has 0 radical (unpaired) electrons. The molecule has 3 aromatic rings. The molecule has 4 rings (SSSR count). The molecule has 1 saturated heterocycles. The van der Waals surface area contributed by atoms with Crippen molar-refractivity contribution in [3.8, 4) is 0 Å². The van der Waals surface area contributed by atoms with E-state index in [1.165, 1.54) is 4.31 Å². The monoisotopic (exact) mass is 407 g/mol. The fraction of sp³-hybridized carbons (Fsp3) is 0.136. The standard InChI is InChI=1S/C22H21N3O3S/c26-22(17-8-6-11-19(16-17)25-14-7-15-29(25,27)28)24-21-13-5-4-12-20(21)23-18-9-2-1-3-10-18/h1-6,8-13,16,23H,7,14-15H2,(H,24,26). The van der Waals surface area contributed by atoms with E-state index < -0.39 is 10.0 Å². The first-order chi connectivity index (χ1) is 14.0. The second kappa shape index (κ2) is 7.97. The smallest absolute Gasteiger partial charge is 0.255 e. The highest BCUT2D eigenvalue weighted by Gasteiger charge is 2.28. The minimum atomic E-state index is -3.29. The van der Waals surface area contributed by atoms with Gasteiger partial charge >= 0.3 is 0 Å². The van der Waals surface area contributed by atoms with Crippen molar-refractivity contribution in [3.05, 3.63) is 84.4 Å². The number of anilines is 4. The quantitative estimate of drug-likeness (QED) is 0.664. The second-order valence-electron chi connectivity index (χ2n) is 6.78. The van der Waals surface area contributed by atoms with Gasteiger partial charge in [-0.2, -0.15) is 0 Å². The molecule has 0 aromatic heterocycles. The summed E-state index contributed by atoms with van der Waals surface area (Å²) in [7, 11) is -3.29. The van der Waals surface area contributed by atoms with Gasteiger partial charge in [0.15, 0.2) is 0 Å². The van der Waals surface area contributed by atoms with Crippen LogP contribution < -0.4 is 14.9 Å². The molecular weight excluding hydrogens is 386 g/mol. The average molecular weight is 407 g/mol. The van der Waals surface area contributed by atoms with Crippen LogP contribution in [0.1, 0.15) is 16.8 Å². The summed E-state index contributed by atoms with van der Waals surface area (Å²) in [5, 5.41) is 6.21. The topological polar surface area (TPSA) is 78.5 Å². The van der Waals surface area contributed by atoms with Crippen LogP contribution in [-0.2, 0) is 10.0 Å². The first-order valence-electron chi connectivity index (χ1n) is 9.36. The van der Waals surface area contributed by atoms with Gasteiger partial charge in [0, 0.05) is 17.8 Å². The molecule has 7 heteroatoms. The number of carbonyl (C=O) groups excluding carboxylic acids is 1. The molecular formula is C22H21N3O3S. The van der Waals surface area contributed by atoms with Crippen molar-refractivity contribution in [2.45, 2.75) is 6.42 Å². The summed E-state index contributed by atoms with van der Waals surface area (Å²) >= 11 is 0. The molecule has 0 unspecified atom stereocenters. The van der Waals surface area contributed by atoms with Gasteiger partial charge in [0.2, 0.25) is 10.0 Å². The molecule has 0 atom stereocenters. The first kappa shape index (κ1) is 19.0. The molecule has 1 aliphatic heterocycles. The summed E-state index contributed by atoms with van der Waals surface area (Å²) in [5.41, 5.74) is 3.24. The molecule has 0 spiro atoms. The van der Waals surface area contributed by atoms with Crippen molar-refractivity contribution in [2.75, 3.05) is 27.2 Å². The van der Waals surface area contributed by atoms with Crippen molar-refractivity contribution in [2.24, 2.45) is 0 Å². The summed E-state index contributed by atoms with van der Waals surface area (Å²) in [6.07, 6.45) is 0.595. The van der Waals surface area contributed by atoms with Gasteiger partial charge in [-0.25, -0.2) is 8.42 Å². The fourth-order valence-corrected chi connectivity index (χ4v) is 4.86. The van der Waals surface area contributed by atoms with Crippen LogP contribution >= 0.6 is 0 Å². The predicted molar refractivity (Wildman–Crippen MR) is 116 cm³/mol. The minimum Gasteiger partial charge on any atom is -0.354 e. The molecule has 6 nitrogen and oxygen atoms in total. The fourth-order valence-electron chi connectivity index (χ4n) is 3.30. The molecule has 1 heterocycles. The first-order valence-corrected chi connectivity index (χ1v) is 11.0. The molecule has 29 heavy (non-hydrogen) atoms. The van der Waals surface area contributed by atoms with Crippen molar-refractivity contribution < 1.29 is 13.2 Å². The molecule has 0 bridgehead atoms. The average Bonchev–Trinajstić information content (AvgIpc) is 3.09. The zero-order valence-corrected chi connectivity index (χ0v) is 16.5. The number of hydrogen-bond donors (Lipinski definition) is 2. The predicted octanol–water partition coefficient (Wildman–Crippen LogP) is 4.22. The van der Waals surface area contributed by atoms with E-state index in [0.29, 0.717) is 29.9 Å². The Morgan fingerprint density at radius 2 is 1.59 bits per heavy atom. The molecule has 1 aliphatic rings. The van der Waals surface area contributed by atoms with E-state index in [1.807, 2.05) is 54.6 Å². The van der Waals surface area contributed by atoms with E-state index in [9.17, 15) is 13.2 Å². The number of sulfonamides is 1. The summed E-state index contributed by atoms with van der Waals surface area (Å²) in [6.45, 7) is 0.442. The summed E-state index contributed by atoms with van der Waals surface area (Å²) < 4.78 is 25.7. The normalized spacial score (nSPS) is 15.1. The maximum Gasteiger partial charge on any atom is 0.255 e. The lowest BCUT2D eigenvalue weighted by atomic mass is 10.1. The van der Waals surface area contributed by atoms with E-state index in [1.54, 1.807) is 24.3 Å². The molecule has 1 fully saturated rings. The maximum absolute atomic E-state index is 12.8. The van der Waals surface area contributed by atoms with Gasteiger partial charge < -0.3 is 10.6 Å². The minimum absolute atomic E-state index is 0.141. The van der Waals surface area contributed by atoms with Gasteiger partial charge in [-0.1, -0.05) is 36.4 Å². The van der Waals surface area contributed by atoms with Crippen LogP contribution in [0.5, 0.6) is 0 Å². The SMILES string of the molecule is O=C(Nc1ccccc1Nc1ccccc1)c1cccc(N2CCCS2(=O)=O)c1.